The topological polar surface area (TPSA) is 29.5 Å². The molecule has 1 N–H and O–H groups in total. The molecule has 2 nitrogen and oxygen atoms in total. The Kier molecular flexibility index (Phi) is 0.827. The van der Waals surface area contributed by atoms with Gasteiger partial charge in [-0.05, 0) is 12.1 Å². The third kappa shape index (κ3) is 1.13. The van der Waals surface area contributed by atoms with Gasteiger partial charge in [-0.3, -0.25) is 0 Å². The van der Waals surface area contributed by atoms with Crippen LogP contribution in [-0.4, -0.2) is 12.2 Å². The third-order valence-electron chi connectivity index (χ3n) is 0.894. The van der Waals surface area contributed by atoms with Crippen LogP contribution in [0.5, 0.6) is 11.5 Å². The Bertz CT molecular complexity index is 312. The van der Waals surface area contributed by atoms with Crippen LogP contribution in [0.15, 0.2) is 24.2 Å². The maximum absolute atomic E-state index is 9.15. The average molecular weight is 127 g/mol. The molecule has 9 heavy (non-hydrogen) atoms. The van der Waals surface area contributed by atoms with E-state index in [-0.39, 0.29) is 29.6 Å². The van der Waals surface area contributed by atoms with Gasteiger partial charge in [-0.2, -0.15) is 0 Å². The molecule has 0 radical (unpaired) electrons. The molecule has 0 saturated heterocycles. The van der Waals surface area contributed by atoms with Crippen LogP contribution in [0.3, 0.4) is 0 Å². The summed E-state index contributed by atoms with van der Waals surface area (Å²) in [6, 6.07) is 0.393. The van der Waals surface area contributed by atoms with Gasteiger partial charge in [0.05, 0.1) is 11.2 Å². The van der Waals surface area contributed by atoms with Gasteiger partial charge in [0.2, 0.25) is 0 Å². The van der Waals surface area contributed by atoms with E-state index in [9.17, 15) is 0 Å². The molecule has 0 aliphatic carbocycles. The van der Waals surface area contributed by atoms with E-state index < -0.39 is 0 Å². The normalized spacial score (nSPS) is 13.7. The largest absolute Gasteiger partial charge is 0.504 e. The van der Waals surface area contributed by atoms with Gasteiger partial charge in [0.15, 0.2) is 11.5 Å². The van der Waals surface area contributed by atoms with Crippen molar-refractivity contribution in [3.63, 3.8) is 0 Å². The van der Waals surface area contributed by atoms with Crippen LogP contribution in [0.25, 0.3) is 0 Å². The van der Waals surface area contributed by atoms with Gasteiger partial charge in [0.25, 0.3) is 0 Å². The van der Waals surface area contributed by atoms with Crippen molar-refractivity contribution in [2.24, 2.45) is 0 Å². The molecule has 0 atom stereocenters. The van der Waals surface area contributed by atoms with Gasteiger partial charge in [-0.15, -0.1) is 0 Å². The van der Waals surface area contributed by atoms with Gasteiger partial charge in [-0.25, -0.2) is 0 Å². The van der Waals surface area contributed by atoms with Gasteiger partial charge in [0, 0.05) is 0 Å². The number of phenolic OH excluding ortho intramolecular Hbond substituents is 1. The van der Waals surface area contributed by atoms with Gasteiger partial charge < -0.3 is 9.84 Å². The SMILES string of the molecule is [2H]c1cc(O)c(OC)c([2H])c1[2H]. The summed E-state index contributed by atoms with van der Waals surface area (Å²) < 4.78 is 26.3. The van der Waals surface area contributed by atoms with E-state index in [1.807, 2.05) is 0 Å². The molecule has 0 aromatic heterocycles. The highest BCUT2D eigenvalue weighted by atomic mass is 16.5. The third-order valence-corrected chi connectivity index (χ3v) is 0.894. The van der Waals surface area contributed by atoms with E-state index in [0.717, 1.165) is 6.07 Å². The molecule has 0 fully saturated rings. The lowest BCUT2D eigenvalue weighted by molar-refractivity contribution is 0.373. The van der Waals surface area contributed by atoms with E-state index in [1.54, 1.807) is 0 Å². The van der Waals surface area contributed by atoms with Crippen molar-refractivity contribution in [3.8, 4) is 11.5 Å². The fraction of sp³-hybridized carbons (Fsp3) is 0.143. The molecule has 0 spiro atoms. The quantitative estimate of drug-likeness (QED) is 0.617. The minimum Gasteiger partial charge on any atom is -0.504 e. The highest BCUT2D eigenvalue weighted by Crippen LogP contribution is 2.22. The van der Waals surface area contributed by atoms with Crippen LogP contribution < -0.4 is 4.74 Å². The second-order valence-electron chi connectivity index (χ2n) is 1.46. The number of aromatic hydroxyl groups is 1. The summed E-state index contributed by atoms with van der Waals surface area (Å²) in [6.07, 6.45) is 0. The maximum Gasteiger partial charge on any atom is 0.160 e. The number of rotatable bonds is 1. The molecular weight excluding hydrogens is 116 g/mol. The molecule has 1 aromatic carbocycles. The minimum absolute atomic E-state index is 0.0593. The number of hydrogen-bond acceptors (Lipinski definition) is 2. The molecule has 0 aliphatic heterocycles. The summed E-state index contributed by atoms with van der Waals surface area (Å²) in [5.41, 5.74) is 0. The van der Waals surface area contributed by atoms with Crippen LogP contribution in [0.4, 0.5) is 0 Å². The summed E-state index contributed by atoms with van der Waals surface area (Å²) in [6.45, 7) is 0. The Labute approximate surface area is 57.9 Å². The Hall–Kier alpha value is -1.18. The predicted molar refractivity (Wildman–Crippen MR) is 34.7 cm³/mol. The first-order chi connectivity index (χ1) is 5.57. The van der Waals surface area contributed by atoms with Crippen LogP contribution in [-0.2, 0) is 0 Å². The number of hydrogen-bond donors (Lipinski definition) is 1. The van der Waals surface area contributed by atoms with Gasteiger partial charge >= 0.3 is 0 Å². The van der Waals surface area contributed by atoms with Gasteiger partial charge in [-0.1, -0.05) is 12.1 Å². The Balaban J connectivity index is 3.40. The molecule has 48 valence electrons. The number of benzene rings is 1. The number of phenols is 1. The molecule has 0 heterocycles. The van der Waals surface area contributed by atoms with Crippen molar-refractivity contribution < 1.29 is 14.0 Å². The van der Waals surface area contributed by atoms with Crippen molar-refractivity contribution >= 4 is 0 Å². The molecular formula is C7H8O2. The van der Waals surface area contributed by atoms with Crippen LogP contribution >= 0.6 is 0 Å². The highest BCUT2D eigenvalue weighted by molar-refractivity contribution is 5.37. The van der Waals surface area contributed by atoms with Crippen LogP contribution in [0.2, 0.25) is 0 Å². The van der Waals surface area contributed by atoms with E-state index in [4.69, 9.17) is 9.22 Å². The molecule has 2 heteroatoms. The Morgan fingerprint density at radius 2 is 2.44 bits per heavy atom. The molecule has 0 bridgehead atoms. The lowest BCUT2D eigenvalue weighted by atomic mass is 10.3. The Morgan fingerprint density at radius 3 is 3.11 bits per heavy atom. The lowest BCUT2D eigenvalue weighted by Crippen LogP contribution is -1.80. The first-order valence-electron chi connectivity index (χ1n) is 3.91. The number of ether oxygens (including phenoxy) is 1. The van der Waals surface area contributed by atoms with Crippen molar-refractivity contribution in [1.82, 2.24) is 0 Å². The van der Waals surface area contributed by atoms with E-state index in [1.165, 1.54) is 7.11 Å². The summed E-state index contributed by atoms with van der Waals surface area (Å²) in [4.78, 5) is 0. The average Bonchev–Trinajstić information content (AvgIpc) is 2.01. The number of methoxy groups -OCH3 is 1. The molecule has 0 amide bonds. The fourth-order valence-corrected chi connectivity index (χ4v) is 0.482. The molecule has 1 aromatic rings. The summed E-state index contributed by atoms with van der Waals surface area (Å²) >= 11 is 0. The van der Waals surface area contributed by atoms with Crippen LogP contribution in [0, 0.1) is 0 Å². The van der Waals surface area contributed by atoms with Crippen LogP contribution in [0.1, 0.15) is 4.11 Å². The highest BCUT2D eigenvalue weighted by Gasteiger charge is 1.94. The Morgan fingerprint density at radius 1 is 1.67 bits per heavy atom. The first-order valence-corrected chi connectivity index (χ1v) is 2.41. The fourth-order valence-electron chi connectivity index (χ4n) is 0.482. The summed E-state index contributed by atoms with van der Waals surface area (Å²) in [7, 11) is 1.30. The molecule has 0 aliphatic rings. The predicted octanol–water partition coefficient (Wildman–Crippen LogP) is 1.40. The van der Waals surface area contributed by atoms with Crippen molar-refractivity contribution in [3.05, 3.63) is 24.2 Å². The second kappa shape index (κ2) is 2.40. The standard InChI is InChI=1S/C7H8O2/c1-9-7-5-3-2-4-6(7)8/h2-5,8H,1H3/i2D,3D,5D. The van der Waals surface area contributed by atoms with Crippen molar-refractivity contribution in [2.75, 3.05) is 7.11 Å². The van der Waals surface area contributed by atoms with Gasteiger partial charge in [0.1, 0.15) is 0 Å². The molecule has 0 saturated carbocycles. The summed E-state index contributed by atoms with van der Waals surface area (Å²) in [5.74, 6) is -0.334. The molecule has 0 unspecified atom stereocenters. The zero-order chi connectivity index (χ0) is 9.30. The van der Waals surface area contributed by atoms with E-state index >= 15 is 0 Å². The summed E-state index contributed by atoms with van der Waals surface area (Å²) in [5, 5.41) is 9.15. The maximum atomic E-state index is 9.15. The first kappa shape index (κ1) is 3.11. The smallest absolute Gasteiger partial charge is 0.160 e. The van der Waals surface area contributed by atoms with E-state index in [2.05, 4.69) is 4.74 Å². The zero-order valence-electron chi connectivity index (χ0n) is 7.93. The van der Waals surface area contributed by atoms with Crippen molar-refractivity contribution in [2.45, 2.75) is 0 Å². The van der Waals surface area contributed by atoms with Crippen molar-refractivity contribution in [1.29, 1.82) is 0 Å². The second-order valence-corrected chi connectivity index (χ2v) is 1.46. The monoisotopic (exact) mass is 127 g/mol. The van der Waals surface area contributed by atoms with E-state index in [0.29, 0.717) is 0 Å². The number of para-hydroxylation sites is 2. The molecule has 1 rings (SSSR count). The zero-order valence-corrected chi connectivity index (χ0v) is 4.93. The minimum atomic E-state index is -0.275. The lowest BCUT2D eigenvalue weighted by Gasteiger charge is -1.99.